The molecule has 0 aliphatic heterocycles. The van der Waals surface area contributed by atoms with Crippen molar-refractivity contribution in [2.45, 2.75) is 33.6 Å². The summed E-state index contributed by atoms with van der Waals surface area (Å²) in [5, 5.41) is 11.8. The zero-order valence-electron chi connectivity index (χ0n) is 12.6. The minimum Gasteiger partial charge on any atom is -0.481 e. The van der Waals surface area contributed by atoms with Crippen molar-refractivity contribution in [1.29, 1.82) is 0 Å². The van der Waals surface area contributed by atoms with Crippen molar-refractivity contribution in [2.75, 3.05) is 6.54 Å². The third-order valence-corrected chi connectivity index (χ3v) is 3.84. The summed E-state index contributed by atoms with van der Waals surface area (Å²) in [6, 6.07) is 5.53. The monoisotopic (exact) mass is 355 g/mol. The first-order chi connectivity index (χ1) is 9.79. The lowest BCUT2D eigenvalue weighted by Gasteiger charge is -2.18. The van der Waals surface area contributed by atoms with Gasteiger partial charge in [-0.3, -0.25) is 9.59 Å². The first-order valence-corrected chi connectivity index (χ1v) is 7.85. The standard InChI is InChI=1S/C16H22BrNO3/c1-10(2)6-12(8-15(19)20)9-18-16(21)13-5-4-11(3)7-14(13)17/h4-5,7,10,12H,6,8-9H2,1-3H3,(H,18,21)(H,19,20)/t12-/m0/s1. The van der Waals surface area contributed by atoms with Gasteiger partial charge in [0.05, 0.1) is 5.56 Å². The highest BCUT2D eigenvalue weighted by Crippen LogP contribution is 2.19. The lowest BCUT2D eigenvalue weighted by atomic mass is 9.94. The Bertz CT molecular complexity index is 514. The molecule has 0 spiro atoms. The van der Waals surface area contributed by atoms with Crippen molar-refractivity contribution in [3.8, 4) is 0 Å². The molecule has 0 aliphatic carbocycles. The molecule has 2 N–H and O–H groups in total. The van der Waals surface area contributed by atoms with Gasteiger partial charge < -0.3 is 10.4 Å². The van der Waals surface area contributed by atoms with Crippen LogP contribution in [-0.2, 0) is 4.79 Å². The van der Waals surface area contributed by atoms with Crippen molar-refractivity contribution < 1.29 is 14.7 Å². The Kier molecular flexibility index (Phi) is 6.89. The quantitative estimate of drug-likeness (QED) is 0.784. The molecule has 4 nitrogen and oxygen atoms in total. The highest BCUT2D eigenvalue weighted by Gasteiger charge is 2.17. The second-order valence-corrected chi connectivity index (χ2v) is 6.64. The van der Waals surface area contributed by atoms with Crippen LogP contribution in [0.1, 0.15) is 42.6 Å². The molecule has 0 radical (unpaired) electrons. The minimum atomic E-state index is -0.827. The van der Waals surface area contributed by atoms with Crippen LogP contribution in [0, 0.1) is 18.8 Å². The lowest BCUT2D eigenvalue weighted by molar-refractivity contribution is -0.138. The number of halogens is 1. The number of carbonyl (C=O) groups is 2. The van der Waals surface area contributed by atoms with Gasteiger partial charge in [-0.25, -0.2) is 0 Å². The molecule has 0 heterocycles. The Morgan fingerprint density at radius 3 is 2.52 bits per heavy atom. The van der Waals surface area contributed by atoms with Gasteiger partial charge in [0.25, 0.3) is 5.91 Å². The molecule has 0 aliphatic rings. The Morgan fingerprint density at radius 2 is 2.00 bits per heavy atom. The van der Waals surface area contributed by atoms with Gasteiger partial charge in [-0.1, -0.05) is 19.9 Å². The van der Waals surface area contributed by atoms with Crippen LogP contribution in [0.2, 0.25) is 0 Å². The van der Waals surface area contributed by atoms with Gasteiger partial charge in [0.2, 0.25) is 0 Å². The minimum absolute atomic E-state index is 0.0457. The summed E-state index contributed by atoms with van der Waals surface area (Å²) in [7, 11) is 0. The molecular weight excluding hydrogens is 334 g/mol. The fourth-order valence-electron chi connectivity index (χ4n) is 2.29. The van der Waals surface area contributed by atoms with Crippen molar-refractivity contribution in [3.05, 3.63) is 33.8 Å². The highest BCUT2D eigenvalue weighted by atomic mass is 79.9. The fourth-order valence-corrected chi connectivity index (χ4v) is 2.96. The molecule has 1 amide bonds. The van der Waals surface area contributed by atoms with Gasteiger partial charge >= 0.3 is 5.97 Å². The third-order valence-electron chi connectivity index (χ3n) is 3.19. The smallest absolute Gasteiger partial charge is 0.303 e. The van der Waals surface area contributed by atoms with Crippen LogP contribution in [0.15, 0.2) is 22.7 Å². The van der Waals surface area contributed by atoms with E-state index >= 15 is 0 Å². The molecule has 5 heteroatoms. The fraction of sp³-hybridized carbons (Fsp3) is 0.500. The number of carboxylic acid groups (broad SMARTS) is 1. The van der Waals surface area contributed by atoms with Crippen molar-refractivity contribution in [3.63, 3.8) is 0 Å². The molecule has 0 saturated heterocycles. The number of aryl methyl sites for hydroxylation is 1. The third kappa shape index (κ3) is 6.29. The zero-order chi connectivity index (χ0) is 16.0. The van der Waals surface area contributed by atoms with E-state index in [0.29, 0.717) is 18.0 Å². The largest absolute Gasteiger partial charge is 0.481 e. The van der Waals surface area contributed by atoms with E-state index in [2.05, 4.69) is 21.2 Å². The van der Waals surface area contributed by atoms with Crippen molar-refractivity contribution in [1.82, 2.24) is 5.32 Å². The second kappa shape index (κ2) is 8.17. The predicted octanol–water partition coefficient (Wildman–Crippen LogP) is 3.62. The van der Waals surface area contributed by atoms with Crippen LogP contribution in [0.4, 0.5) is 0 Å². The Balaban J connectivity index is 2.65. The second-order valence-electron chi connectivity index (χ2n) is 5.79. The normalized spacial score (nSPS) is 12.2. The summed E-state index contributed by atoms with van der Waals surface area (Å²) < 4.78 is 0.749. The molecule has 0 unspecified atom stereocenters. The van der Waals surface area contributed by atoms with E-state index in [1.807, 2.05) is 32.9 Å². The first kappa shape index (κ1) is 17.7. The van der Waals surface area contributed by atoms with Gasteiger partial charge in [0, 0.05) is 17.4 Å². The van der Waals surface area contributed by atoms with E-state index in [1.54, 1.807) is 6.07 Å². The SMILES string of the molecule is Cc1ccc(C(=O)NC[C@H](CC(=O)O)CC(C)C)c(Br)c1. The predicted molar refractivity (Wildman–Crippen MR) is 86.4 cm³/mol. The van der Waals surface area contributed by atoms with E-state index in [4.69, 9.17) is 5.11 Å². The summed E-state index contributed by atoms with van der Waals surface area (Å²) in [6.07, 6.45) is 0.856. The molecule has 1 aromatic carbocycles. The van der Waals surface area contributed by atoms with Crippen molar-refractivity contribution in [2.24, 2.45) is 11.8 Å². The maximum absolute atomic E-state index is 12.2. The number of hydrogen-bond acceptors (Lipinski definition) is 2. The lowest BCUT2D eigenvalue weighted by Crippen LogP contribution is -2.31. The molecule has 0 fully saturated rings. The van der Waals surface area contributed by atoms with Crippen LogP contribution in [0.5, 0.6) is 0 Å². The summed E-state index contributed by atoms with van der Waals surface area (Å²) in [4.78, 5) is 23.0. The zero-order valence-corrected chi connectivity index (χ0v) is 14.2. The number of amides is 1. The number of carbonyl (C=O) groups excluding carboxylic acids is 1. The maximum atomic E-state index is 12.2. The van der Waals surface area contributed by atoms with Gasteiger partial charge in [-0.15, -0.1) is 0 Å². The van der Waals surface area contributed by atoms with Crippen LogP contribution in [0.3, 0.4) is 0 Å². The molecule has 1 atom stereocenters. The molecule has 21 heavy (non-hydrogen) atoms. The van der Waals surface area contributed by atoms with Crippen LogP contribution in [-0.4, -0.2) is 23.5 Å². The number of nitrogens with one attached hydrogen (secondary N) is 1. The number of aliphatic carboxylic acids is 1. The van der Waals surface area contributed by atoms with Crippen LogP contribution >= 0.6 is 15.9 Å². The molecule has 0 bridgehead atoms. The first-order valence-electron chi connectivity index (χ1n) is 7.05. The van der Waals surface area contributed by atoms with Crippen molar-refractivity contribution >= 4 is 27.8 Å². The number of hydrogen-bond donors (Lipinski definition) is 2. The van der Waals surface area contributed by atoms with Gasteiger partial charge in [-0.05, 0) is 58.8 Å². The van der Waals surface area contributed by atoms with E-state index in [-0.39, 0.29) is 18.2 Å². The molecule has 0 saturated carbocycles. The highest BCUT2D eigenvalue weighted by molar-refractivity contribution is 9.10. The van der Waals surface area contributed by atoms with E-state index in [9.17, 15) is 9.59 Å². The van der Waals surface area contributed by atoms with Gasteiger partial charge in [0.15, 0.2) is 0 Å². The average molecular weight is 356 g/mol. The summed E-state index contributed by atoms with van der Waals surface area (Å²) in [5.74, 6) is -0.652. The number of benzene rings is 1. The molecule has 1 aromatic rings. The number of carboxylic acids is 1. The number of rotatable bonds is 7. The van der Waals surface area contributed by atoms with Gasteiger partial charge in [-0.2, -0.15) is 0 Å². The summed E-state index contributed by atoms with van der Waals surface area (Å²) >= 11 is 3.38. The summed E-state index contributed by atoms with van der Waals surface area (Å²) in [5.41, 5.74) is 1.64. The molecule has 1 rings (SSSR count). The average Bonchev–Trinajstić information content (AvgIpc) is 2.34. The Hall–Kier alpha value is -1.36. The van der Waals surface area contributed by atoms with Gasteiger partial charge in [0.1, 0.15) is 0 Å². The Morgan fingerprint density at radius 1 is 1.33 bits per heavy atom. The Labute approximate surface area is 134 Å². The topological polar surface area (TPSA) is 66.4 Å². The molecule has 116 valence electrons. The van der Waals surface area contributed by atoms with E-state index in [1.165, 1.54) is 0 Å². The molecular formula is C16H22BrNO3. The maximum Gasteiger partial charge on any atom is 0.303 e. The van der Waals surface area contributed by atoms with Crippen LogP contribution in [0.25, 0.3) is 0 Å². The molecule has 0 aromatic heterocycles. The van der Waals surface area contributed by atoms with E-state index < -0.39 is 5.97 Å². The van der Waals surface area contributed by atoms with E-state index in [0.717, 1.165) is 16.5 Å². The summed E-state index contributed by atoms with van der Waals surface area (Å²) in [6.45, 7) is 6.43. The van der Waals surface area contributed by atoms with Crippen LogP contribution < -0.4 is 5.32 Å².